The van der Waals surface area contributed by atoms with Crippen LogP contribution in [0, 0.1) is 0 Å². The van der Waals surface area contributed by atoms with Gasteiger partial charge in [-0.15, -0.1) is 0 Å². The Kier molecular flexibility index (Phi) is 3.62. The minimum absolute atomic E-state index is 0.0202. The highest BCUT2D eigenvalue weighted by Gasteiger charge is 2.32. The van der Waals surface area contributed by atoms with Gasteiger partial charge in [0.1, 0.15) is 0 Å². The maximum atomic E-state index is 12.9. The summed E-state index contributed by atoms with van der Waals surface area (Å²) in [6.07, 6.45) is 3.92. The molecule has 0 radical (unpaired) electrons. The van der Waals surface area contributed by atoms with E-state index in [1.165, 1.54) is 0 Å². The lowest BCUT2D eigenvalue weighted by Gasteiger charge is -2.17. The normalized spacial score (nSPS) is 18.0. The van der Waals surface area contributed by atoms with Crippen LogP contribution in [0.25, 0.3) is 10.8 Å². The number of hydrogen-bond donors (Lipinski definition) is 1. The number of amides is 1. The summed E-state index contributed by atoms with van der Waals surface area (Å²) in [5.41, 5.74) is 1.38. The summed E-state index contributed by atoms with van der Waals surface area (Å²) in [6, 6.07) is 8.71. The minimum atomic E-state index is -3.60. The number of hydrogen-bond acceptors (Lipinski definition) is 3. The predicted molar refractivity (Wildman–Crippen MR) is 93.9 cm³/mol. The highest BCUT2D eigenvalue weighted by molar-refractivity contribution is 7.89. The molecule has 0 saturated heterocycles. The lowest BCUT2D eigenvalue weighted by molar-refractivity contribution is 0.0994. The fraction of sp³-hybridized carbons (Fsp3) is 0.389. The smallest absolute Gasteiger partial charge is 0.258 e. The summed E-state index contributed by atoms with van der Waals surface area (Å²) in [5.74, 6) is -0.0589. The van der Waals surface area contributed by atoms with E-state index in [0.717, 1.165) is 36.8 Å². The van der Waals surface area contributed by atoms with Gasteiger partial charge >= 0.3 is 0 Å². The van der Waals surface area contributed by atoms with Gasteiger partial charge in [-0.1, -0.05) is 25.0 Å². The number of nitrogens with one attached hydrogen (secondary N) is 1. The predicted octanol–water partition coefficient (Wildman–Crippen LogP) is 3.04. The summed E-state index contributed by atoms with van der Waals surface area (Å²) in [7, 11) is -3.60. The zero-order valence-electron chi connectivity index (χ0n) is 13.6. The molecule has 1 aliphatic carbocycles. The van der Waals surface area contributed by atoms with Gasteiger partial charge in [0.05, 0.1) is 10.6 Å². The number of rotatable bonds is 4. The monoisotopic (exact) mass is 344 g/mol. The van der Waals surface area contributed by atoms with Gasteiger partial charge in [0, 0.05) is 28.9 Å². The molecule has 1 fully saturated rings. The number of nitrogens with zero attached hydrogens (tertiary/aromatic N) is 1. The van der Waals surface area contributed by atoms with Crippen molar-refractivity contribution in [2.24, 2.45) is 0 Å². The third-order valence-electron chi connectivity index (χ3n) is 5.03. The standard InChI is InChI=1S/C18H20N2O3S/c1-2-20-15-10-11-16(24(22,23)19-12-6-3-4-7-12)13-8-5-9-14(17(13)15)18(20)21/h5,8-12,19H,2-4,6-7H2,1H3. The Morgan fingerprint density at radius 3 is 2.62 bits per heavy atom. The third kappa shape index (κ3) is 2.24. The van der Waals surface area contributed by atoms with Gasteiger partial charge in [-0.05, 0) is 38.0 Å². The van der Waals surface area contributed by atoms with E-state index < -0.39 is 10.0 Å². The third-order valence-corrected chi connectivity index (χ3v) is 6.61. The molecule has 2 aromatic carbocycles. The van der Waals surface area contributed by atoms with Gasteiger partial charge in [-0.25, -0.2) is 13.1 Å². The van der Waals surface area contributed by atoms with Crippen LogP contribution in [0.2, 0.25) is 0 Å². The van der Waals surface area contributed by atoms with E-state index in [1.807, 2.05) is 6.92 Å². The Balaban J connectivity index is 1.87. The second-order valence-electron chi connectivity index (χ2n) is 6.46. The Hall–Kier alpha value is -1.92. The number of carbonyl (C=O) groups excluding carboxylic acids is 1. The molecule has 0 aromatic heterocycles. The summed E-state index contributed by atoms with van der Waals surface area (Å²) < 4.78 is 28.6. The molecule has 1 saturated carbocycles. The van der Waals surface area contributed by atoms with Crippen molar-refractivity contribution in [3.05, 3.63) is 35.9 Å². The van der Waals surface area contributed by atoms with Crippen LogP contribution in [0.15, 0.2) is 35.2 Å². The molecule has 1 N–H and O–H groups in total. The van der Waals surface area contributed by atoms with Gasteiger partial charge in [0.2, 0.25) is 10.0 Å². The molecule has 126 valence electrons. The molecule has 0 spiro atoms. The van der Waals surface area contributed by atoms with Gasteiger partial charge in [0.25, 0.3) is 5.91 Å². The Bertz CT molecular complexity index is 931. The fourth-order valence-electron chi connectivity index (χ4n) is 3.89. The number of sulfonamides is 1. The average molecular weight is 344 g/mol. The molecule has 4 rings (SSSR count). The first-order chi connectivity index (χ1) is 11.5. The van der Waals surface area contributed by atoms with Crippen molar-refractivity contribution in [3.63, 3.8) is 0 Å². The molecule has 24 heavy (non-hydrogen) atoms. The van der Waals surface area contributed by atoms with E-state index in [9.17, 15) is 13.2 Å². The zero-order chi connectivity index (χ0) is 16.9. The van der Waals surface area contributed by atoms with Crippen molar-refractivity contribution in [1.82, 2.24) is 4.72 Å². The Morgan fingerprint density at radius 1 is 1.17 bits per heavy atom. The lowest BCUT2D eigenvalue weighted by atomic mass is 10.1. The van der Waals surface area contributed by atoms with Crippen molar-refractivity contribution in [2.45, 2.75) is 43.5 Å². The second-order valence-corrected chi connectivity index (χ2v) is 8.15. The van der Waals surface area contributed by atoms with E-state index >= 15 is 0 Å². The van der Waals surface area contributed by atoms with E-state index in [1.54, 1.807) is 35.2 Å². The average Bonchev–Trinajstić information content (AvgIpc) is 3.15. The summed E-state index contributed by atoms with van der Waals surface area (Å²) >= 11 is 0. The molecule has 2 aliphatic rings. The molecule has 1 aliphatic heterocycles. The largest absolute Gasteiger partial charge is 0.308 e. The molecule has 1 heterocycles. The SMILES string of the molecule is CCN1C(=O)c2cccc3c(S(=O)(=O)NC4CCCC4)ccc1c23. The summed E-state index contributed by atoms with van der Waals surface area (Å²) in [6.45, 7) is 2.48. The van der Waals surface area contributed by atoms with Crippen molar-refractivity contribution >= 4 is 32.4 Å². The van der Waals surface area contributed by atoms with Gasteiger partial charge in [0.15, 0.2) is 0 Å². The van der Waals surface area contributed by atoms with Crippen LogP contribution in [0.3, 0.4) is 0 Å². The molecule has 5 nitrogen and oxygen atoms in total. The van der Waals surface area contributed by atoms with Crippen LogP contribution in [0.1, 0.15) is 43.0 Å². The van der Waals surface area contributed by atoms with E-state index in [4.69, 9.17) is 0 Å². The van der Waals surface area contributed by atoms with Crippen LogP contribution < -0.4 is 9.62 Å². The Morgan fingerprint density at radius 2 is 1.92 bits per heavy atom. The minimum Gasteiger partial charge on any atom is -0.308 e. The number of carbonyl (C=O) groups is 1. The maximum Gasteiger partial charge on any atom is 0.258 e. The highest BCUT2D eigenvalue weighted by atomic mass is 32.2. The molecule has 2 aromatic rings. The van der Waals surface area contributed by atoms with Crippen LogP contribution in [-0.4, -0.2) is 26.9 Å². The van der Waals surface area contributed by atoms with Gasteiger partial charge in [-0.2, -0.15) is 0 Å². The first-order valence-electron chi connectivity index (χ1n) is 8.43. The van der Waals surface area contributed by atoms with Crippen LogP contribution in [0.4, 0.5) is 5.69 Å². The number of anilines is 1. The molecule has 0 atom stereocenters. The van der Waals surface area contributed by atoms with Crippen LogP contribution in [0.5, 0.6) is 0 Å². The molecule has 1 amide bonds. The topological polar surface area (TPSA) is 66.5 Å². The quantitative estimate of drug-likeness (QED) is 0.927. The Labute approximate surface area is 141 Å². The van der Waals surface area contributed by atoms with Crippen molar-refractivity contribution in [1.29, 1.82) is 0 Å². The molecule has 0 unspecified atom stereocenters. The van der Waals surface area contributed by atoms with E-state index in [0.29, 0.717) is 17.5 Å². The van der Waals surface area contributed by atoms with Gasteiger partial charge in [-0.3, -0.25) is 4.79 Å². The van der Waals surface area contributed by atoms with Crippen LogP contribution in [-0.2, 0) is 10.0 Å². The first-order valence-corrected chi connectivity index (χ1v) is 9.91. The molecular formula is C18H20N2O3S. The molecular weight excluding hydrogens is 324 g/mol. The fourth-order valence-corrected chi connectivity index (χ4v) is 5.40. The molecule has 6 heteroatoms. The zero-order valence-corrected chi connectivity index (χ0v) is 14.4. The van der Waals surface area contributed by atoms with E-state index in [2.05, 4.69) is 4.72 Å². The van der Waals surface area contributed by atoms with E-state index in [-0.39, 0.29) is 16.8 Å². The van der Waals surface area contributed by atoms with Crippen molar-refractivity contribution < 1.29 is 13.2 Å². The highest BCUT2D eigenvalue weighted by Crippen LogP contribution is 2.40. The maximum absolute atomic E-state index is 12.9. The lowest BCUT2D eigenvalue weighted by Crippen LogP contribution is -2.32. The molecule has 0 bridgehead atoms. The van der Waals surface area contributed by atoms with Crippen molar-refractivity contribution in [2.75, 3.05) is 11.4 Å². The summed E-state index contributed by atoms with van der Waals surface area (Å²) in [4.78, 5) is 14.5. The first kappa shape index (κ1) is 15.6. The second kappa shape index (κ2) is 5.57. The number of benzene rings is 2. The summed E-state index contributed by atoms with van der Waals surface area (Å²) in [5, 5.41) is 1.37. The van der Waals surface area contributed by atoms with Crippen LogP contribution >= 0.6 is 0 Å². The van der Waals surface area contributed by atoms with Crippen molar-refractivity contribution in [3.8, 4) is 0 Å². The van der Waals surface area contributed by atoms with Gasteiger partial charge < -0.3 is 4.90 Å².